The summed E-state index contributed by atoms with van der Waals surface area (Å²) < 4.78 is 44.3. The maximum absolute atomic E-state index is 13.4. The molecular formula is C19H23NO6S2. The highest BCUT2D eigenvalue weighted by atomic mass is 32.2. The van der Waals surface area contributed by atoms with Gasteiger partial charge in [-0.1, -0.05) is 12.1 Å². The van der Waals surface area contributed by atoms with Gasteiger partial charge in [0.1, 0.15) is 17.9 Å². The van der Waals surface area contributed by atoms with E-state index in [1.807, 2.05) is 12.1 Å². The quantitative estimate of drug-likeness (QED) is 0.684. The molecule has 0 amide bonds. The molecule has 0 aliphatic carbocycles. The molecule has 1 aromatic carbocycles. The molecule has 1 unspecified atom stereocenters. The lowest BCUT2D eigenvalue weighted by atomic mass is 10.2. The van der Waals surface area contributed by atoms with Gasteiger partial charge in [-0.25, -0.2) is 13.2 Å². The second-order valence-corrected chi connectivity index (χ2v) is 9.74. The van der Waals surface area contributed by atoms with Gasteiger partial charge in [-0.15, -0.1) is 11.3 Å². The first-order valence-electron chi connectivity index (χ1n) is 8.87. The predicted octanol–water partition coefficient (Wildman–Crippen LogP) is 3.21. The van der Waals surface area contributed by atoms with Crippen molar-refractivity contribution >= 4 is 27.3 Å². The maximum atomic E-state index is 13.4. The molecule has 2 heterocycles. The minimum absolute atomic E-state index is 0.0471. The maximum Gasteiger partial charge on any atom is 0.343 e. The van der Waals surface area contributed by atoms with Crippen molar-refractivity contribution in [1.82, 2.24) is 4.31 Å². The number of benzene rings is 1. The van der Waals surface area contributed by atoms with Gasteiger partial charge >= 0.3 is 5.97 Å². The van der Waals surface area contributed by atoms with E-state index in [4.69, 9.17) is 14.2 Å². The van der Waals surface area contributed by atoms with Crippen LogP contribution < -0.4 is 9.47 Å². The molecule has 28 heavy (non-hydrogen) atoms. The molecule has 7 nitrogen and oxygen atoms in total. The Balaban J connectivity index is 2.01. The molecule has 1 atom stereocenters. The Morgan fingerprint density at radius 3 is 2.61 bits per heavy atom. The number of methoxy groups -OCH3 is 1. The van der Waals surface area contributed by atoms with E-state index >= 15 is 0 Å². The average Bonchev–Trinajstić information content (AvgIpc) is 2.98. The molecule has 1 aliphatic heterocycles. The Kier molecular flexibility index (Phi) is 5.97. The number of sulfonamides is 1. The number of esters is 1. The summed E-state index contributed by atoms with van der Waals surface area (Å²) in [5.74, 6) is 0.239. The first-order valence-corrected chi connectivity index (χ1v) is 11.1. The minimum atomic E-state index is -3.84. The third-order valence-corrected chi connectivity index (χ3v) is 8.01. The molecule has 0 radical (unpaired) electrons. The van der Waals surface area contributed by atoms with E-state index in [1.165, 1.54) is 4.31 Å². The van der Waals surface area contributed by atoms with Crippen LogP contribution in [-0.2, 0) is 21.3 Å². The fourth-order valence-corrected chi connectivity index (χ4v) is 6.38. The smallest absolute Gasteiger partial charge is 0.343 e. The lowest BCUT2D eigenvalue weighted by molar-refractivity contribution is 0.0520. The zero-order chi connectivity index (χ0) is 20.5. The molecule has 1 aliphatic rings. The summed E-state index contributed by atoms with van der Waals surface area (Å²) in [4.78, 5) is 12.9. The third kappa shape index (κ3) is 3.74. The Morgan fingerprint density at radius 2 is 2.00 bits per heavy atom. The number of ether oxygens (including phenoxy) is 3. The zero-order valence-electron chi connectivity index (χ0n) is 16.2. The number of carbonyl (C=O) groups excluding carboxylic acids is 1. The van der Waals surface area contributed by atoms with E-state index in [1.54, 1.807) is 40.0 Å². The largest absolute Gasteiger partial charge is 0.497 e. The Hall–Kier alpha value is -2.10. The van der Waals surface area contributed by atoms with E-state index in [0.717, 1.165) is 16.9 Å². The van der Waals surface area contributed by atoms with E-state index in [-0.39, 0.29) is 35.3 Å². The minimum Gasteiger partial charge on any atom is -0.497 e. The van der Waals surface area contributed by atoms with Crippen LogP contribution in [0.3, 0.4) is 0 Å². The van der Waals surface area contributed by atoms with Crippen LogP contribution in [0.15, 0.2) is 28.5 Å². The monoisotopic (exact) mass is 425 g/mol. The summed E-state index contributed by atoms with van der Waals surface area (Å²) in [5, 5.41) is 0. The van der Waals surface area contributed by atoms with Crippen LogP contribution in [0, 0.1) is 6.92 Å². The van der Waals surface area contributed by atoms with Crippen LogP contribution in [0.1, 0.15) is 34.6 Å². The van der Waals surface area contributed by atoms with Gasteiger partial charge in [-0.05, 0) is 38.5 Å². The lowest BCUT2D eigenvalue weighted by Crippen LogP contribution is -2.39. The molecule has 0 saturated carbocycles. The fraction of sp³-hybridized carbons (Fsp3) is 0.421. The van der Waals surface area contributed by atoms with Crippen LogP contribution in [0.25, 0.3) is 0 Å². The molecule has 2 aromatic rings. The average molecular weight is 426 g/mol. The number of carbonyl (C=O) groups is 1. The van der Waals surface area contributed by atoms with Crippen LogP contribution in [-0.4, -0.2) is 45.1 Å². The van der Waals surface area contributed by atoms with Crippen molar-refractivity contribution in [3.8, 4) is 11.5 Å². The SMILES string of the molecule is CCOC(=O)c1c(C)sc2c1OCC(C)N(Cc1ccc(OC)cc1)S2(=O)=O. The molecule has 0 N–H and O–H groups in total. The van der Waals surface area contributed by atoms with Gasteiger partial charge in [0.25, 0.3) is 10.0 Å². The normalized spacial score (nSPS) is 18.6. The van der Waals surface area contributed by atoms with Crippen LogP contribution in [0.4, 0.5) is 0 Å². The molecule has 0 saturated heterocycles. The van der Waals surface area contributed by atoms with Crippen molar-refractivity contribution in [2.75, 3.05) is 20.3 Å². The van der Waals surface area contributed by atoms with E-state index in [9.17, 15) is 13.2 Å². The Labute approximate surface area is 168 Å². The summed E-state index contributed by atoms with van der Waals surface area (Å²) in [6.45, 7) is 5.73. The summed E-state index contributed by atoms with van der Waals surface area (Å²) in [7, 11) is -2.27. The number of hydrogen-bond donors (Lipinski definition) is 0. The number of hydrogen-bond acceptors (Lipinski definition) is 7. The fourth-order valence-electron chi connectivity index (χ4n) is 3.02. The second kappa shape index (κ2) is 8.10. The standard InChI is InChI=1S/C19H23NO6S2/c1-5-25-18(21)16-13(3)27-19-17(16)26-11-12(2)20(28(19,22)23)10-14-6-8-15(24-4)9-7-14/h6-9,12H,5,10-11H2,1-4H3. The molecule has 3 rings (SSSR count). The van der Waals surface area contributed by atoms with Crippen molar-refractivity contribution in [2.24, 2.45) is 0 Å². The molecule has 152 valence electrons. The number of aryl methyl sites for hydroxylation is 1. The lowest BCUT2D eigenvalue weighted by Gasteiger charge is -2.25. The second-order valence-electron chi connectivity index (χ2n) is 6.43. The van der Waals surface area contributed by atoms with E-state index < -0.39 is 22.0 Å². The van der Waals surface area contributed by atoms with Crippen LogP contribution >= 0.6 is 11.3 Å². The number of thiophene rings is 1. The van der Waals surface area contributed by atoms with Gasteiger partial charge in [-0.2, -0.15) is 4.31 Å². The van der Waals surface area contributed by atoms with Crippen molar-refractivity contribution in [1.29, 1.82) is 0 Å². The molecule has 0 bridgehead atoms. The third-order valence-electron chi connectivity index (χ3n) is 4.49. The highest BCUT2D eigenvalue weighted by Gasteiger charge is 2.40. The topological polar surface area (TPSA) is 82.1 Å². The van der Waals surface area contributed by atoms with Gasteiger partial charge in [0, 0.05) is 11.4 Å². The van der Waals surface area contributed by atoms with E-state index in [0.29, 0.717) is 10.6 Å². The predicted molar refractivity (Wildman–Crippen MR) is 106 cm³/mol. The van der Waals surface area contributed by atoms with Gasteiger partial charge < -0.3 is 14.2 Å². The molecule has 9 heteroatoms. The summed E-state index contributed by atoms with van der Waals surface area (Å²) in [6, 6.07) is 6.85. The van der Waals surface area contributed by atoms with Crippen molar-refractivity contribution in [3.63, 3.8) is 0 Å². The number of nitrogens with zero attached hydrogens (tertiary/aromatic N) is 1. The van der Waals surface area contributed by atoms with Crippen molar-refractivity contribution in [2.45, 2.75) is 37.6 Å². The highest BCUT2D eigenvalue weighted by Crippen LogP contribution is 2.43. The van der Waals surface area contributed by atoms with Crippen molar-refractivity contribution < 1.29 is 27.4 Å². The van der Waals surface area contributed by atoms with Gasteiger partial charge in [-0.3, -0.25) is 0 Å². The summed E-state index contributed by atoms with van der Waals surface area (Å²) in [6.07, 6.45) is 0. The number of rotatable bonds is 5. The molecule has 0 spiro atoms. The zero-order valence-corrected chi connectivity index (χ0v) is 17.9. The first-order chi connectivity index (χ1) is 13.3. The summed E-state index contributed by atoms with van der Waals surface area (Å²) in [5.41, 5.74) is 1.03. The Bertz CT molecular complexity index is 965. The van der Waals surface area contributed by atoms with Crippen molar-refractivity contribution in [3.05, 3.63) is 40.3 Å². The Morgan fingerprint density at radius 1 is 1.32 bits per heavy atom. The van der Waals surface area contributed by atoms with Gasteiger partial charge in [0.2, 0.25) is 0 Å². The highest BCUT2D eigenvalue weighted by molar-refractivity contribution is 7.91. The van der Waals surface area contributed by atoms with Gasteiger partial charge in [0.05, 0.1) is 19.8 Å². The van der Waals surface area contributed by atoms with Gasteiger partial charge in [0.15, 0.2) is 9.96 Å². The number of fused-ring (bicyclic) bond motifs is 1. The molecule has 1 aromatic heterocycles. The van der Waals surface area contributed by atoms with Crippen LogP contribution in [0.5, 0.6) is 11.5 Å². The van der Waals surface area contributed by atoms with Crippen LogP contribution in [0.2, 0.25) is 0 Å². The molecule has 0 fully saturated rings. The first kappa shape index (κ1) is 20.6. The summed E-state index contributed by atoms with van der Waals surface area (Å²) >= 11 is 1.04. The molecular weight excluding hydrogens is 402 g/mol. The van der Waals surface area contributed by atoms with E-state index in [2.05, 4.69) is 0 Å².